The molecule has 0 aliphatic heterocycles. The predicted octanol–water partition coefficient (Wildman–Crippen LogP) is 0.373. The van der Waals surface area contributed by atoms with Crippen molar-refractivity contribution in [2.45, 2.75) is 0 Å². The molecule has 0 aromatic rings. The normalized spacial score (nSPS) is 8.82. The van der Waals surface area contributed by atoms with Crippen LogP contribution in [0.25, 0.3) is 0 Å². The van der Waals surface area contributed by atoms with E-state index >= 15 is 0 Å². The first-order chi connectivity index (χ1) is 5.22. The van der Waals surface area contributed by atoms with Gasteiger partial charge in [0.25, 0.3) is 5.91 Å². The lowest BCUT2D eigenvalue weighted by Gasteiger charge is -2.12. The average Bonchev–Trinajstić information content (AvgIpc) is 2.03. The van der Waals surface area contributed by atoms with Crippen LogP contribution in [0.1, 0.15) is 0 Å². The molecule has 0 aromatic carbocycles. The largest absolute Gasteiger partial charge is 0.333 e. The molecular weight excluding hydrogens is 162 g/mol. The lowest BCUT2D eigenvalue weighted by atomic mass is 10.5. The minimum absolute atomic E-state index is 0.310. The van der Waals surface area contributed by atoms with Crippen molar-refractivity contribution in [2.75, 3.05) is 26.5 Å². The number of rotatable bonds is 4. The summed E-state index contributed by atoms with van der Waals surface area (Å²) in [7, 11) is 1.64. The van der Waals surface area contributed by atoms with Gasteiger partial charge >= 0.3 is 0 Å². The number of amides is 1. The minimum atomic E-state index is -0.310. The summed E-state index contributed by atoms with van der Waals surface area (Å²) in [5.74, 6) is 1.71. The molecule has 0 aliphatic carbocycles. The van der Waals surface area contributed by atoms with Gasteiger partial charge in [0.15, 0.2) is 0 Å². The Labute approximate surface area is 71.3 Å². The second-order valence-corrected chi connectivity index (χ2v) is 2.43. The van der Waals surface area contributed by atoms with Crippen molar-refractivity contribution in [3.63, 3.8) is 0 Å². The monoisotopic (exact) mass is 173 g/mol. The molecule has 1 amide bonds. The Bertz CT molecular complexity index is 164. The molecule has 0 radical (unpaired) electrons. The molecule has 3 nitrogen and oxygen atoms in total. The summed E-state index contributed by atoms with van der Waals surface area (Å²) < 4.78 is 4.95. The molecule has 0 bridgehead atoms. The number of hydrogen-bond acceptors (Lipinski definition) is 3. The van der Waals surface area contributed by atoms with E-state index in [9.17, 15) is 4.79 Å². The van der Waals surface area contributed by atoms with Gasteiger partial charge in [0.1, 0.15) is 0 Å². The zero-order chi connectivity index (χ0) is 8.69. The van der Waals surface area contributed by atoms with Crippen LogP contribution in [0, 0.1) is 12.3 Å². The van der Waals surface area contributed by atoms with Gasteiger partial charge in [0.2, 0.25) is 0 Å². The number of terminal acetylenes is 1. The first-order valence-corrected chi connectivity index (χ1v) is 4.24. The number of carbonyl (C=O) groups excluding carboxylic acids is 1. The topological polar surface area (TPSA) is 29.5 Å². The van der Waals surface area contributed by atoms with Gasteiger partial charge in [-0.2, -0.15) is 0 Å². The maximum Gasteiger partial charge on any atom is 0.298 e. The van der Waals surface area contributed by atoms with Crippen LogP contribution in [0.3, 0.4) is 0 Å². The van der Waals surface area contributed by atoms with E-state index in [4.69, 9.17) is 10.6 Å². The first kappa shape index (κ1) is 10.3. The number of hydrogen-bond donors (Lipinski definition) is 0. The van der Waals surface area contributed by atoms with Crippen molar-refractivity contribution < 1.29 is 8.98 Å². The highest BCUT2D eigenvalue weighted by Gasteiger charge is 2.02. The fourth-order valence-corrected chi connectivity index (χ4v) is 0.710. The summed E-state index contributed by atoms with van der Waals surface area (Å²) in [6.45, 7) is 1.04. The molecule has 0 heterocycles. The summed E-state index contributed by atoms with van der Waals surface area (Å²) in [5.41, 5.74) is 0. The van der Waals surface area contributed by atoms with Crippen LogP contribution >= 0.6 is 12.0 Å². The quantitative estimate of drug-likeness (QED) is 0.349. The van der Waals surface area contributed by atoms with Crippen LogP contribution in [0.5, 0.6) is 0 Å². The summed E-state index contributed by atoms with van der Waals surface area (Å²) >= 11 is 1.27. The molecular formula is C7H11NO2S. The van der Waals surface area contributed by atoms with E-state index in [1.54, 1.807) is 7.05 Å². The van der Waals surface area contributed by atoms with Gasteiger partial charge in [-0.15, -0.1) is 6.42 Å². The van der Waals surface area contributed by atoms with Crippen LogP contribution < -0.4 is 0 Å². The third-order valence-electron chi connectivity index (χ3n) is 1.10. The van der Waals surface area contributed by atoms with Gasteiger partial charge in [0, 0.05) is 19.8 Å². The Hall–Kier alpha value is -0.660. The number of carbonyl (C=O) groups is 1. The molecule has 0 aromatic heterocycles. The summed E-state index contributed by atoms with van der Waals surface area (Å²) in [5, 5.41) is 0. The number of likely N-dealkylation sites (N-methyl/N-ethyl adjacent to an activating group) is 1. The average molecular weight is 173 g/mol. The molecule has 0 saturated heterocycles. The van der Waals surface area contributed by atoms with Gasteiger partial charge in [-0.3, -0.25) is 4.79 Å². The molecule has 4 heteroatoms. The smallest absolute Gasteiger partial charge is 0.298 e. The molecule has 0 saturated carbocycles. The molecule has 11 heavy (non-hydrogen) atoms. The molecule has 0 fully saturated rings. The second kappa shape index (κ2) is 6.08. The van der Waals surface area contributed by atoms with Crippen LogP contribution in [0.15, 0.2) is 0 Å². The maximum atomic E-state index is 10.7. The SMILES string of the molecule is C#CC(=O)N(C)CCOSC. The van der Waals surface area contributed by atoms with Gasteiger partial charge in [-0.1, -0.05) is 0 Å². The van der Waals surface area contributed by atoms with E-state index < -0.39 is 0 Å². The molecule has 0 aliphatic rings. The van der Waals surface area contributed by atoms with Crippen molar-refractivity contribution in [3.05, 3.63) is 0 Å². The maximum absolute atomic E-state index is 10.7. The summed E-state index contributed by atoms with van der Waals surface area (Å²) in [6.07, 6.45) is 6.71. The van der Waals surface area contributed by atoms with E-state index in [0.29, 0.717) is 13.2 Å². The molecule has 0 N–H and O–H groups in total. The zero-order valence-corrected chi connectivity index (χ0v) is 7.48. The second-order valence-electron chi connectivity index (χ2n) is 1.86. The lowest BCUT2D eigenvalue weighted by molar-refractivity contribution is -0.124. The Morgan fingerprint density at radius 1 is 1.82 bits per heavy atom. The molecule has 0 unspecified atom stereocenters. The van der Waals surface area contributed by atoms with Crippen LogP contribution in [-0.2, 0) is 8.98 Å². The third-order valence-corrected chi connectivity index (χ3v) is 1.50. The highest BCUT2D eigenvalue weighted by Crippen LogP contribution is 1.94. The fraction of sp³-hybridized carbons (Fsp3) is 0.571. The Balaban J connectivity index is 3.46. The molecule has 0 spiro atoms. The minimum Gasteiger partial charge on any atom is -0.333 e. The third kappa shape index (κ3) is 4.71. The van der Waals surface area contributed by atoms with Crippen LogP contribution in [-0.4, -0.2) is 37.3 Å². The van der Waals surface area contributed by atoms with Crippen LogP contribution in [0.4, 0.5) is 0 Å². The number of nitrogens with zero attached hydrogens (tertiary/aromatic N) is 1. The fourth-order valence-electron chi connectivity index (χ4n) is 0.469. The highest BCUT2D eigenvalue weighted by atomic mass is 32.2. The Morgan fingerprint density at radius 2 is 2.45 bits per heavy atom. The van der Waals surface area contributed by atoms with Gasteiger partial charge < -0.3 is 9.08 Å². The van der Waals surface area contributed by atoms with Crippen molar-refractivity contribution in [1.82, 2.24) is 4.90 Å². The van der Waals surface area contributed by atoms with Crippen LogP contribution in [0.2, 0.25) is 0 Å². The molecule has 0 atom stereocenters. The van der Waals surface area contributed by atoms with Crippen molar-refractivity contribution in [2.24, 2.45) is 0 Å². The summed E-state index contributed by atoms with van der Waals surface area (Å²) in [4.78, 5) is 12.2. The van der Waals surface area contributed by atoms with Crippen molar-refractivity contribution in [1.29, 1.82) is 0 Å². The summed E-state index contributed by atoms with van der Waals surface area (Å²) in [6, 6.07) is 0. The van der Waals surface area contributed by atoms with E-state index in [2.05, 4.69) is 0 Å². The molecule has 62 valence electrons. The van der Waals surface area contributed by atoms with Crippen molar-refractivity contribution in [3.8, 4) is 12.3 Å². The molecule has 0 rings (SSSR count). The van der Waals surface area contributed by atoms with E-state index in [-0.39, 0.29) is 5.91 Å². The first-order valence-electron chi connectivity index (χ1n) is 3.09. The van der Waals surface area contributed by atoms with E-state index in [1.165, 1.54) is 16.9 Å². The standard InChI is InChI=1S/C7H11NO2S/c1-4-7(9)8(2)5-6-10-11-3/h1H,5-6H2,2-3H3. The lowest BCUT2D eigenvalue weighted by Crippen LogP contribution is -2.28. The van der Waals surface area contributed by atoms with Crippen molar-refractivity contribution >= 4 is 17.9 Å². The predicted molar refractivity (Wildman–Crippen MR) is 45.9 cm³/mol. The zero-order valence-electron chi connectivity index (χ0n) is 6.66. The van der Waals surface area contributed by atoms with Gasteiger partial charge in [0.05, 0.1) is 6.61 Å². The van der Waals surface area contributed by atoms with E-state index in [1.807, 2.05) is 12.2 Å². The van der Waals surface area contributed by atoms with Gasteiger partial charge in [-0.05, 0) is 18.0 Å². The Kier molecular flexibility index (Phi) is 5.71. The van der Waals surface area contributed by atoms with Gasteiger partial charge in [-0.25, -0.2) is 0 Å². The highest BCUT2D eigenvalue weighted by molar-refractivity contribution is 7.93. The Morgan fingerprint density at radius 3 is 2.91 bits per heavy atom. The van der Waals surface area contributed by atoms with E-state index in [0.717, 1.165) is 0 Å².